The Balaban J connectivity index is 2.19. The molecule has 0 fully saturated rings. The zero-order valence-corrected chi connectivity index (χ0v) is 12.9. The summed E-state index contributed by atoms with van der Waals surface area (Å²) < 4.78 is 1.49. The molecule has 0 aliphatic heterocycles. The van der Waals surface area contributed by atoms with Gasteiger partial charge < -0.3 is 5.32 Å². The van der Waals surface area contributed by atoms with Crippen molar-refractivity contribution in [3.63, 3.8) is 0 Å². The van der Waals surface area contributed by atoms with Gasteiger partial charge in [-0.15, -0.1) is 0 Å². The van der Waals surface area contributed by atoms with Crippen LogP contribution in [0, 0.1) is 6.92 Å². The molecule has 0 radical (unpaired) electrons. The topological polar surface area (TPSA) is 64.0 Å². The fourth-order valence-corrected chi connectivity index (χ4v) is 2.20. The molecule has 1 N–H and O–H groups in total. The van der Waals surface area contributed by atoms with E-state index in [1.807, 2.05) is 39.8 Å². The van der Waals surface area contributed by atoms with Crippen LogP contribution in [0.15, 0.2) is 29.3 Å². The average molecular weight is 287 g/mol. The summed E-state index contributed by atoms with van der Waals surface area (Å²) in [6.45, 7) is 8.04. The molecule has 1 aromatic carbocycles. The molecule has 0 saturated heterocycles. The lowest BCUT2D eigenvalue weighted by Gasteiger charge is -2.20. The summed E-state index contributed by atoms with van der Waals surface area (Å²) >= 11 is 0. The minimum absolute atomic E-state index is 0.0706. The van der Waals surface area contributed by atoms with Gasteiger partial charge >= 0.3 is 0 Å². The first kappa shape index (κ1) is 15.2. The molecule has 0 unspecified atom stereocenters. The van der Waals surface area contributed by atoms with Crippen LogP contribution in [-0.4, -0.2) is 21.0 Å². The van der Waals surface area contributed by atoms with E-state index in [9.17, 15) is 9.59 Å². The number of nitrogens with one attached hydrogen (secondary N) is 1. The highest BCUT2D eigenvalue weighted by Crippen LogP contribution is 2.11. The Morgan fingerprint density at radius 1 is 1.33 bits per heavy atom. The Labute approximate surface area is 124 Å². The van der Waals surface area contributed by atoms with E-state index in [1.54, 1.807) is 6.07 Å². The maximum atomic E-state index is 12.4. The number of carbonyl (C=O) groups is 1. The van der Waals surface area contributed by atoms with Gasteiger partial charge in [0.25, 0.3) is 5.56 Å². The van der Waals surface area contributed by atoms with E-state index in [4.69, 9.17) is 0 Å². The maximum absolute atomic E-state index is 12.4. The normalized spacial score (nSPS) is 11.6. The molecule has 5 nitrogen and oxygen atoms in total. The summed E-state index contributed by atoms with van der Waals surface area (Å²) in [6, 6.07) is 5.54. The van der Waals surface area contributed by atoms with Crippen molar-refractivity contribution in [2.24, 2.45) is 0 Å². The highest BCUT2D eigenvalue weighted by Gasteiger charge is 2.14. The number of amides is 1. The van der Waals surface area contributed by atoms with Crippen molar-refractivity contribution >= 4 is 16.8 Å². The van der Waals surface area contributed by atoms with Gasteiger partial charge in [0, 0.05) is 18.5 Å². The van der Waals surface area contributed by atoms with Crippen LogP contribution in [0.25, 0.3) is 10.9 Å². The number of hydrogen-bond donors (Lipinski definition) is 1. The minimum atomic E-state index is -0.263. The molecule has 21 heavy (non-hydrogen) atoms. The third-order valence-electron chi connectivity index (χ3n) is 3.15. The van der Waals surface area contributed by atoms with Crippen molar-refractivity contribution in [2.45, 2.75) is 46.2 Å². The van der Waals surface area contributed by atoms with Crippen LogP contribution >= 0.6 is 0 Å². The van der Waals surface area contributed by atoms with Gasteiger partial charge in [0.05, 0.1) is 17.2 Å². The number of fused-ring (bicyclic) bond motifs is 1. The van der Waals surface area contributed by atoms with E-state index >= 15 is 0 Å². The second-order valence-corrected chi connectivity index (χ2v) is 6.26. The van der Waals surface area contributed by atoms with Gasteiger partial charge in [-0.25, -0.2) is 4.98 Å². The summed E-state index contributed by atoms with van der Waals surface area (Å²) in [7, 11) is 0. The molecule has 0 atom stereocenters. The first-order valence-corrected chi connectivity index (χ1v) is 7.04. The summed E-state index contributed by atoms with van der Waals surface area (Å²) in [4.78, 5) is 28.5. The van der Waals surface area contributed by atoms with Crippen molar-refractivity contribution in [1.82, 2.24) is 14.9 Å². The van der Waals surface area contributed by atoms with Crippen molar-refractivity contribution in [3.05, 3.63) is 40.4 Å². The lowest BCUT2D eigenvalue weighted by Crippen LogP contribution is -2.41. The number of nitrogens with zero attached hydrogens (tertiary/aromatic N) is 2. The highest BCUT2D eigenvalue weighted by molar-refractivity contribution is 5.80. The fourth-order valence-electron chi connectivity index (χ4n) is 2.20. The van der Waals surface area contributed by atoms with Gasteiger partial charge in [-0.05, 0) is 39.3 Å². The lowest BCUT2D eigenvalue weighted by molar-refractivity contribution is -0.122. The average Bonchev–Trinajstić information content (AvgIpc) is 2.37. The first-order valence-electron chi connectivity index (χ1n) is 7.04. The van der Waals surface area contributed by atoms with E-state index in [-0.39, 0.29) is 23.4 Å². The van der Waals surface area contributed by atoms with Gasteiger partial charge in [-0.1, -0.05) is 12.1 Å². The monoisotopic (exact) mass is 287 g/mol. The Morgan fingerprint density at radius 3 is 2.71 bits per heavy atom. The Kier molecular flexibility index (Phi) is 4.11. The summed E-state index contributed by atoms with van der Waals surface area (Å²) in [6.07, 6.45) is 1.78. The van der Waals surface area contributed by atoms with Gasteiger partial charge in [0.15, 0.2) is 0 Å². The number of hydrogen-bond acceptors (Lipinski definition) is 3. The third-order valence-corrected chi connectivity index (χ3v) is 3.15. The molecule has 0 aliphatic rings. The summed E-state index contributed by atoms with van der Waals surface area (Å²) in [5.74, 6) is -0.0706. The molecule has 1 amide bonds. The number of aryl methyl sites for hydroxylation is 2. The predicted molar refractivity (Wildman–Crippen MR) is 83.3 cm³/mol. The zero-order chi connectivity index (χ0) is 15.6. The molecule has 1 heterocycles. The standard InChI is InChI=1S/C16H21N3O2/c1-11-6-5-7-12-14(11)17-10-19(15(12)21)9-8-13(20)18-16(2,3)4/h5-7,10H,8-9H2,1-4H3,(H,18,20). The van der Waals surface area contributed by atoms with Crippen LogP contribution in [0.2, 0.25) is 0 Å². The molecule has 0 aliphatic carbocycles. The Bertz CT molecular complexity index is 726. The number of rotatable bonds is 3. The number of carbonyl (C=O) groups excluding carboxylic acids is 1. The SMILES string of the molecule is Cc1cccc2c(=O)n(CCC(=O)NC(C)(C)C)cnc12. The van der Waals surface area contributed by atoms with Crippen molar-refractivity contribution in [3.8, 4) is 0 Å². The van der Waals surface area contributed by atoms with E-state index < -0.39 is 0 Å². The molecule has 0 spiro atoms. The zero-order valence-electron chi connectivity index (χ0n) is 12.9. The Morgan fingerprint density at radius 2 is 2.05 bits per heavy atom. The molecular weight excluding hydrogens is 266 g/mol. The predicted octanol–water partition coefficient (Wildman–Crippen LogP) is 2.01. The second-order valence-electron chi connectivity index (χ2n) is 6.26. The number of aromatic nitrogens is 2. The number of benzene rings is 1. The van der Waals surface area contributed by atoms with E-state index in [1.165, 1.54) is 10.9 Å². The van der Waals surface area contributed by atoms with Crippen LogP contribution in [0.4, 0.5) is 0 Å². The van der Waals surface area contributed by atoms with Gasteiger partial charge in [-0.2, -0.15) is 0 Å². The minimum Gasteiger partial charge on any atom is -0.351 e. The first-order chi connectivity index (χ1) is 9.78. The number of para-hydroxylation sites is 1. The van der Waals surface area contributed by atoms with Crippen LogP contribution < -0.4 is 10.9 Å². The van der Waals surface area contributed by atoms with Crippen LogP contribution in [-0.2, 0) is 11.3 Å². The molecule has 0 bridgehead atoms. The van der Waals surface area contributed by atoms with Crippen LogP contribution in [0.1, 0.15) is 32.8 Å². The summed E-state index contributed by atoms with van der Waals surface area (Å²) in [5.41, 5.74) is 1.33. The molecule has 5 heteroatoms. The molecule has 112 valence electrons. The molecule has 0 saturated carbocycles. The lowest BCUT2D eigenvalue weighted by atomic mass is 10.1. The highest BCUT2D eigenvalue weighted by atomic mass is 16.2. The summed E-state index contributed by atoms with van der Waals surface area (Å²) in [5, 5.41) is 3.47. The van der Waals surface area contributed by atoms with Gasteiger partial charge in [-0.3, -0.25) is 14.2 Å². The van der Waals surface area contributed by atoms with E-state index in [0.717, 1.165) is 11.1 Å². The van der Waals surface area contributed by atoms with Crippen molar-refractivity contribution < 1.29 is 4.79 Å². The van der Waals surface area contributed by atoms with Gasteiger partial charge in [0.1, 0.15) is 0 Å². The quantitative estimate of drug-likeness (QED) is 0.939. The van der Waals surface area contributed by atoms with Crippen LogP contribution in [0.5, 0.6) is 0 Å². The molecule has 1 aromatic heterocycles. The molecular formula is C16H21N3O2. The Hall–Kier alpha value is -2.17. The van der Waals surface area contributed by atoms with Crippen LogP contribution in [0.3, 0.4) is 0 Å². The van der Waals surface area contributed by atoms with Crippen molar-refractivity contribution in [2.75, 3.05) is 0 Å². The van der Waals surface area contributed by atoms with E-state index in [0.29, 0.717) is 11.9 Å². The molecule has 2 aromatic rings. The third kappa shape index (κ3) is 3.68. The van der Waals surface area contributed by atoms with Crippen molar-refractivity contribution in [1.29, 1.82) is 0 Å². The second kappa shape index (κ2) is 5.68. The van der Waals surface area contributed by atoms with E-state index in [2.05, 4.69) is 10.3 Å². The molecule has 2 rings (SSSR count). The largest absolute Gasteiger partial charge is 0.351 e. The smallest absolute Gasteiger partial charge is 0.261 e. The van der Waals surface area contributed by atoms with Gasteiger partial charge in [0.2, 0.25) is 5.91 Å². The fraction of sp³-hybridized carbons (Fsp3) is 0.438. The maximum Gasteiger partial charge on any atom is 0.261 e.